The van der Waals surface area contributed by atoms with E-state index in [1.807, 2.05) is 0 Å². The molecular formula is C18H19F2N3O2. The van der Waals surface area contributed by atoms with Crippen molar-refractivity contribution in [2.75, 3.05) is 6.61 Å². The van der Waals surface area contributed by atoms with Gasteiger partial charge < -0.3 is 4.74 Å². The highest BCUT2D eigenvalue weighted by atomic mass is 19.3. The molecule has 0 radical (unpaired) electrons. The van der Waals surface area contributed by atoms with Crippen molar-refractivity contribution in [3.63, 3.8) is 0 Å². The first kappa shape index (κ1) is 17.3. The Bertz CT molecular complexity index is 771. The van der Waals surface area contributed by atoms with Gasteiger partial charge in [-0.2, -0.15) is 5.10 Å². The lowest BCUT2D eigenvalue weighted by Crippen LogP contribution is -2.15. The van der Waals surface area contributed by atoms with Crippen LogP contribution in [0.25, 0.3) is 5.57 Å². The summed E-state index contributed by atoms with van der Waals surface area (Å²) in [5.41, 5.74) is 3.05. The summed E-state index contributed by atoms with van der Waals surface area (Å²) in [5.74, 6) is 0.427. The SMILES string of the molecule is O=Cc1ncccc1OCC1=C(c2ccnn2CC(F)F)CCCC1. The van der Waals surface area contributed by atoms with E-state index >= 15 is 0 Å². The number of aldehydes is 1. The predicted octanol–water partition coefficient (Wildman–Crippen LogP) is 3.76. The first-order valence-electron chi connectivity index (χ1n) is 8.23. The number of rotatable bonds is 7. The average molecular weight is 347 g/mol. The molecule has 0 aromatic carbocycles. The summed E-state index contributed by atoms with van der Waals surface area (Å²) >= 11 is 0. The van der Waals surface area contributed by atoms with Gasteiger partial charge in [0, 0.05) is 12.4 Å². The molecule has 3 rings (SSSR count). The maximum absolute atomic E-state index is 12.8. The minimum atomic E-state index is -2.45. The van der Waals surface area contributed by atoms with Crippen LogP contribution in [0.1, 0.15) is 41.9 Å². The van der Waals surface area contributed by atoms with E-state index in [0.717, 1.165) is 42.5 Å². The summed E-state index contributed by atoms with van der Waals surface area (Å²) in [5, 5.41) is 4.02. The summed E-state index contributed by atoms with van der Waals surface area (Å²) in [4.78, 5) is 15.0. The molecule has 0 spiro atoms. The highest BCUT2D eigenvalue weighted by Crippen LogP contribution is 2.33. The van der Waals surface area contributed by atoms with Gasteiger partial charge in [0.25, 0.3) is 6.43 Å². The largest absolute Gasteiger partial charge is 0.487 e. The van der Waals surface area contributed by atoms with Crippen molar-refractivity contribution in [2.45, 2.75) is 38.7 Å². The lowest BCUT2D eigenvalue weighted by Gasteiger charge is -2.22. The molecule has 2 aromatic rings. The van der Waals surface area contributed by atoms with Crippen LogP contribution < -0.4 is 4.74 Å². The number of carbonyl (C=O) groups excluding carboxylic acids is 1. The first-order chi connectivity index (χ1) is 12.2. The molecule has 0 atom stereocenters. The lowest BCUT2D eigenvalue weighted by molar-refractivity contribution is 0.111. The number of pyridine rings is 1. The van der Waals surface area contributed by atoms with Crippen LogP contribution in [-0.4, -0.2) is 34.1 Å². The fourth-order valence-corrected chi connectivity index (χ4v) is 3.08. The lowest BCUT2D eigenvalue weighted by atomic mass is 9.90. The van der Waals surface area contributed by atoms with Crippen LogP contribution in [0.2, 0.25) is 0 Å². The molecule has 0 amide bonds. The maximum atomic E-state index is 12.8. The molecule has 1 aliphatic rings. The third-order valence-corrected chi connectivity index (χ3v) is 4.23. The number of carbonyl (C=O) groups is 1. The van der Waals surface area contributed by atoms with Crippen molar-refractivity contribution in [3.05, 3.63) is 47.6 Å². The molecule has 132 valence electrons. The van der Waals surface area contributed by atoms with E-state index in [4.69, 9.17) is 4.74 Å². The quantitative estimate of drug-likeness (QED) is 0.716. The molecule has 0 bridgehead atoms. The fourth-order valence-electron chi connectivity index (χ4n) is 3.08. The van der Waals surface area contributed by atoms with Crippen LogP contribution in [0, 0.1) is 0 Å². The number of nitrogens with zero attached hydrogens (tertiary/aromatic N) is 3. The van der Waals surface area contributed by atoms with Gasteiger partial charge in [0.05, 0.1) is 5.69 Å². The van der Waals surface area contributed by atoms with Gasteiger partial charge in [-0.1, -0.05) is 0 Å². The molecule has 7 heteroatoms. The van der Waals surface area contributed by atoms with Crippen LogP contribution in [-0.2, 0) is 6.54 Å². The second-order valence-corrected chi connectivity index (χ2v) is 5.87. The van der Waals surface area contributed by atoms with Gasteiger partial charge in [0.1, 0.15) is 24.6 Å². The standard InChI is InChI=1S/C18H19F2N3O2/c19-18(20)10-23-16(7-9-22-23)14-5-2-1-4-13(14)12-25-17-6-3-8-21-15(17)11-24/h3,6-9,11,18H,1-2,4-5,10,12H2. The summed E-state index contributed by atoms with van der Waals surface area (Å²) in [7, 11) is 0. The van der Waals surface area contributed by atoms with Gasteiger partial charge in [0.2, 0.25) is 0 Å². The number of hydrogen-bond donors (Lipinski definition) is 0. The summed E-state index contributed by atoms with van der Waals surface area (Å²) in [6, 6.07) is 5.17. The molecule has 0 saturated heterocycles. The van der Waals surface area contributed by atoms with Crippen molar-refractivity contribution >= 4 is 11.9 Å². The van der Waals surface area contributed by atoms with Crippen LogP contribution >= 0.6 is 0 Å². The van der Waals surface area contributed by atoms with Crippen molar-refractivity contribution < 1.29 is 18.3 Å². The van der Waals surface area contributed by atoms with Gasteiger partial charge in [0.15, 0.2) is 6.29 Å². The third-order valence-electron chi connectivity index (χ3n) is 4.23. The molecular weight excluding hydrogens is 328 g/mol. The molecule has 0 aliphatic heterocycles. The molecule has 2 aromatic heterocycles. The second kappa shape index (κ2) is 8.00. The number of allylic oxidation sites excluding steroid dienone is 1. The van der Waals surface area contributed by atoms with Gasteiger partial charge in [-0.05, 0) is 55.0 Å². The smallest absolute Gasteiger partial charge is 0.257 e. The topological polar surface area (TPSA) is 57.0 Å². The Balaban J connectivity index is 1.84. The highest BCUT2D eigenvalue weighted by molar-refractivity contribution is 5.76. The average Bonchev–Trinajstić information content (AvgIpc) is 3.07. The van der Waals surface area contributed by atoms with Gasteiger partial charge in [-0.25, -0.2) is 13.8 Å². The van der Waals surface area contributed by atoms with E-state index in [2.05, 4.69) is 10.1 Å². The Kier molecular flexibility index (Phi) is 5.53. The van der Waals surface area contributed by atoms with E-state index in [1.54, 1.807) is 24.4 Å². The number of hydrogen-bond acceptors (Lipinski definition) is 4. The van der Waals surface area contributed by atoms with Crippen molar-refractivity contribution in [1.29, 1.82) is 0 Å². The van der Waals surface area contributed by atoms with E-state index < -0.39 is 13.0 Å². The monoisotopic (exact) mass is 347 g/mol. The Morgan fingerprint density at radius 2 is 2.08 bits per heavy atom. The third kappa shape index (κ3) is 4.10. The fraction of sp³-hybridized carbons (Fsp3) is 0.389. The second-order valence-electron chi connectivity index (χ2n) is 5.87. The Hall–Kier alpha value is -2.57. The van der Waals surface area contributed by atoms with Gasteiger partial charge >= 0.3 is 0 Å². The molecule has 0 fully saturated rings. The van der Waals surface area contributed by atoms with E-state index in [9.17, 15) is 13.6 Å². The Morgan fingerprint density at radius 1 is 1.24 bits per heavy atom. The number of aromatic nitrogens is 3. The maximum Gasteiger partial charge on any atom is 0.257 e. The molecule has 0 unspecified atom stereocenters. The number of alkyl halides is 2. The van der Waals surface area contributed by atoms with Gasteiger partial charge in [-0.15, -0.1) is 0 Å². The van der Waals surface area contributed by atoms with Crippen molar-refractivity contribution in [3.8, 4) is 5.75 Å². The zero-order valence-corrected chi connectivity index (χ0v) is 13.7. The Labute approximate surface area is 144 Å². The molecule has 1 aliphatic carbocycles. The molecule has 25 heavy (non-hydrogen) atoms. The minimum absolute atomic E-state index is 0.253. The summed E-state index contributed by atoms with van der Waals surface area (Å²) in [6.45, 7) is -0.112. The van der Waals surface area contributed by atoms with Crippen LogP contribution in [0.15, 0.2) is 36.2 Å². The highest BCUT2D eigenvalue weighted by Gasteiger charge is 2.20. The van der Waals surface area contributed by atoms with Crippen LogP contribution in [0.5, 0.6) is 5.75 Å². The normalized spacial score (nSPS) is 14.8. The zero-order chi connectivity index (χ0) is 17.6. The van der Waals surface area contributed by atoms with Crippen molar-refractivity contribution in [2.24, 2.45) is 0 Å². The Morgan fingerprint density at radius 3 is 2.88 bits per heavy atom. The number of halogens is 2. The zero-order valence-electron chi connectivity index (χ0n) is 13.7. The van der Waals surface area contributed by atoms with Crippen LogP contribution in [0.3, 0.4) is 0 Å². The van der Waals surface area contributed by atoms with E-state index in [0.29, 0.717) is 18.6 Å². The minimum Gasteiger partial charge on any atom is -0.487 e. The van der Waals surface area contributed by atoms with Crippen LogP contribution in [0.4, 0.5) is 8.78 Å². The molecule has 0 saturated carbocycles. The van der Waals surface area contributed by atoms with Gasteiger partial charge in [-0.3, -0.25) is 9.48 Å². The molecule has 0 N–H and O–H groups in total. The first-order valence-corrected chi connectivity index (χ1v) is 8.23. The molecule has 2 heterocycles. The van der Waals surface area contributed by atoms with Crippen molar-refractivity contribution in [1.82, 2.24) is 14.8 Å². The summed E-state index contributed by atoms with van der Waals surface area (Å²) < 4.78 is 32.6. The summed E-state index contributed by atoms with van der Waals surface area (Å²) in [6.07, 6.45) is 4.96. The molecule has 5 nitrogen and oxygen atoms in total. The predicted molar refractivity (Wildman–Crippen MR) is 88.7 cm³/mol. The number of ether oxygens (including phenoxy) is 1. The van der Waals surface area contributed by atoms with E-state index in [1.165, 1.54) is 10.9 Å². The van der Waals surface area contributed by atoms with E-state index in [-0.39, 0.29) is 5.69 Å².